The quantitative estimate of drug-likeness (QED) is 0.711. The molecule has 0 radical (unpaired) electrons. The molecule has 0 unspecified atom stereocenters. The molecule has 19 heavy (non-hydrogen) atoms. The largest absolute Gasteiger partial charge is 0.481 e. The minimum absolute atomic E-state index is 0.569. The predicted octanol–water partition coefficient (Wildman–Crippen LogP) is 1.73. The van der Waals surface area contributed by atoms with Gasteiger partial charge in [0.15, 0.2) is 0 Å². The highest BCUT2D eigenvalue weighted by molar-refractivity contribution is 5.56. The van der Waals surface area contributed by atoms with Gasteiger partial charge >= 0.3 is 0 Å². The van der Waals surface area contributed by atoms with E-state index in [0.717, 1.165) is 17.1 Å². The van der Waals surface area contributed by atoms with Gasteiger partial charge < -0.3 is 4.74 Å². The standard InChI is InChI=1S/C13H11N5O/c1-19-13-3-2-10(8-15-13)18-12(5-7-17-18)11-4-6-14-9-16-11/h2-9H,1H3. The number of aromatic nitrogens is 5. The summed E-state index contributed by atoms with van der Waals surface area (Å²) in [5, 5.41) is 4.29. The molecule has 0 aliphatic carbocycles. The molecule has 0 spiro atoms. The second-order valence-corrected chi connectivity index (χ2v) is 3.78. The van der Waals surface area contributed by atoms with Crippen LogP contribution in [0.25, 0.3) is 17.1 Å². The van der Waals surface area contributed by atoms with Gasteiger partial charge in [-0.15, -0.1) is 0 Å². The van der Waals surface area contributed by atoms with Crippen LogP contribution in [0.3, 0.4) is 0 Å². The monoisotopic (exact) mass is 253 g/mol. The summed E-state index contributed by atoms with van der Waals surface area (Å²) in [5.74, 6) is 0.569. The van der Waals surface area contributed by atoms with E-state index in [1.54, 1.807) is 36.4 Å². The molecule has 0 fully saturated rings. The van der Waals surface area contributed by atoms with Crippen molar-refractivity contribution in [1.29, 1.82) is 0 Å². The lowest BCUT2D eigenvalue weighted by Gasteiger charge is -2.07. The van der Waals surface area contributed by atoms with Crippen molar-refractivity contribution in [3.8, 4) is 23.0 Å². The average Bonchev–Trinajstić information content (AvgIpc) is 2.98. The molecule has 6 heteroatoms. The Morgan fingerprint density at radius 1 is 1.05 bits per heavy atom. The zero-order chi connectivity index (χ0) is 13.1. The van der Waals surface area contributed by atoms with Crippen LogP contribution in [0.5, 0.6) is 5.88 Å². The minimum Gasteiger partial charge on any atom is -0.481 e. The maximum absolute atomic E-state index is 5.04. The molecule has 3 rings (SSSR count). The molecule has 0 N–H and O–H groups in total. The Kier molecular flexibility index (Phi) is 2.89. The third kappa shape index (κ3) is 2.15. The van der Waals surface area contributed by atoms with Crippen molar-refractivity contribution in [2.24, 2.45) is 0 Å². The molecule has 3 aromatic rings. The topological polar surface area (TPSA) is 65.7 Å². The van der Waals surface area contributed by atoms with E-state index in [-0.39, 0.29) is 0 Å². The highest BCUT2D eigenvalue weighted by Crippen LogP contribution is 2.20. The van der Waals surface area contributed by atoms with E-state index in [0.29, 0.717) is 5.88 Å². The number of hydrogen-bond acceptors (Lipinski definition) is 5. The fraction of sp³-hybridized carbons (Fsp3) is 0.0769. The molecule has 0 amide bonds. The first-order chi connectivity index (χ1) is 9.38. The minimum atomic E-state index is 0.569. The van der Waals surface area contributed by atoms with Crippen molar-refractivity contribution in [2.45, 2.75) is 0 Å². The van der Waals surface area contributed by atoms with E-state index in [2.05, 4.69) is 20.1 Å². The number of pyridine rings is 1. The Labute approximate surface area is 109 Å². The van der Waals surface area contributed by atoms with Crippen LogP contribution in [-0.4, -0.2) is 31.8 Å². The molecule has 0 saturated heterocycles. The van der Waals surface area contributed by atoms with Crippen LogP contribution in [0, 0.1) is 0 Å². The maximum atomic E-state index is 5.04. The third-order valence-electron chi connectivity index (χ3n) is 2.66. The molecule has 0 saturated carbocycles. The molecule has 3 heterocycles. The summed E-state index contributed by atoms with van der Waals surface area (Å²) in [6.45, 7) is 0. The molecule has 3 aromatic heterocycles. The summed E-state index contributed by atoms with van der Waals surface area (Å²) >= 11 is 0. The lowest BCUT2D eigenvalue weighted by Crippen LogP contribution is -2.01. The first kappa shape index (κ1) is 11.3. The smallest absolute Gasteiger partial charge is 0.213 e. The summed E-state index contributed by atoms with van der Waals surface area (Å²) in [7, 11) is 1.59. The lowest BCUT2D eigenvalue weighted by molar-refractivity contribution is 0.397. The number of nitrogens with zero attached hydrogens (tertiary/aromatic N) is 5. The van der Waals surface area contributed by atoms with Crippen molar-refractivity contribution in [1.82, 2.24) is 24.7 Å². The first-order valence-electron chi connectivity index (χ1n) is 5.69. The predicted molar refractivity (Wildman–Crippen MR) is 68.9 cm³/mol. The second kappa shape index (κ2) is 4.85. The van der Waals surface area contributed by atoms with Gasteiger partial charge in [0.2, 0.25) is 5.88 Å². The molecule has 6 nitrogen and oxygen atoms in total. The number of methoxy groups -OCH3 is 1. The van der Waals surface area contributed by atoms with Crippen LogP contribution in [0.15, 0.2) is 49.2 Å². The Morgan fingerprint density at radius 3 is 2.68 bits per heavy atom. The second-order valence-electron chi connectivity index (χ2n) is 3.78. The van der Waals surface area contributed by atoms with Gasteiger partial charge in [0.05, 0.1) is 36.6 Å². The Bertz CT molecular complexity index is 663. The molecule has 0 bridgehead atoms. The van der Waals surface area contributed by atoms with E-state index < -0.39 is 0 Å². The Hall–Kier alpha value is -2.76. The first-order valence-corrected chi connectivity index (χ1v) is 5.69. The van der Waals surface area contributed by atoms with E-state index >= 15 is 0 Å². The van der Waals surface area contributed by atoms with Gasteiger partial charge in [0, 0.05) is 12.3 Å². The number of hydrogen-bond donors (Lipinski definition) is 0. The van der Waals surface area contributed by atoms with Gasteiger partial charge in [-0.25, -0.2) is 19.6 Å². The fourth-order valence-electron chi connectivity index (χ4n) is 1.76. The molecule has 0 aliphatic heterocycles. The summed E-state index contributed by atoms with van der Waals surface area (Å²) < 4.78 is 6.81. The van der Waals surface area contributed by atoms with Crippen molar-refractivity contribution >= 4 is 0 Å². The van der Waals surface area contributed by atoms with E-state index in [4.69, 9.17) is 4.74 Å². The van der Waals surface area contributed by atoms with Crippen LogP contribution < -0.4 is 4.74 Å². The van der Waals surface area contributed by atoms with Crippen molar-refractivity contribution < 1.29 is 4.74 Å². The van der Waals surface area contributed by atoms with Crippen LogP contribution >= 0.6 is 0 Å². The Balaban J connectivity index is 2.04. The molecule has 0 atom stereocenters. The van der Waals surface area contributed by atoms with Gasteiger partial charge in [-0.1, -0.05) is 0 Å². The summed E-state index contributed by atoms with van der Waals surface area (Å²) in [6, 6.07) is 7.42. The van der Waals surface area contributed by atoms with Crippen molar-refractivity contribution in [2.75, 3.05) is 7.11 Å². The summed E-state index contributed by atoms with van der Waals surface area (Å²) in [5.41, 5.74) is 2.54. The van der Waals surface area contributed by atoms with Gasteiger partial charge in [-0.2, -0.15) is 5.10 Å². The van der Waals surface area contributed by atoms with E-state index in [1.165, 1.54) is 6.33 Å². The van der Waals surface area contributed by atoms with Gasteiger partial charge in [0.25, 0.3) is 0 Å². The third-order valence-corrected chi connectivity index (χ3v) is 2.66. The van der Waals surface area contributed by atoms with Crippen LogP contribution in [-0.2, 0) is 0 Å². The van der Waals surface area contributed by atoms with Gasteiger partial charge in [-0.3, -0.25) is 0 Å². The van der Waals surface area contributed by atoms with E-state index in [1.807, 2.05) is 18.2 Å². The highest BCUT2D eigenvalue weighted by Gasteiger charge is 2.08. The summed E-state index contributed by atoms with van der Waals surface area (Å²) in [6.07, 6.45) is 6.64. The maximum Gasteiger partial charge on any atom is 0.213 e. The van der Waals surface area contributed by atoms with Crippen LogP contribution in [0.1, 0.15) is 0 Å². The van der Waals surface area contributed by atoms with Crippen molar-refractivity contribution in [3.05, 3.63) is 49.2 Å². The molecule has 94 valence electrons. The Morgan fingerprint density at radius 2 is 2.00 bits per heavy atom. The fourth-order valence-corrected chi connectivity index (χ4v) is 1.76. The van der Waals surface area contributed by atoms with Gasteiger partial charge in [-0.05, 0) is 18.2 Å². The van der Waals surface area contributed by atoms with E-state index in [9.17, 15) is 0 Å². The van der Waals surface area contributed by atoms with Crippen LogP contribution in [0.2, 0.25) is 0 Å². The van der Waals surface area contributed by atoms with Crippen LogP contribution in [0.4, 0.5) is 0 Å². The van der Waals surface area contributed by atoms with Gasteiger partial charge in [0.1, 0.15) is 6.33 Å². The molecule has 0 aromatic carbocycles. The normalized spacial score (nSPS) is 10.4. The lowest BCUT2D eigenvalue weighted by atomic mass is 10.3. The highest BCUT2D eigenvalue weighted by atomic mass is 16.5. The summed E-state index contributed by atoms with van der Waals surface area (Å²) in [4.78, 5) is 12.3. The zero-order valence-electron chi connectivity index (χ0n) is 10.3. The molecular formula is C13H11N5O. The average molecular weight is 253 g/mol. The molecule has 0 aliphatic rings. The van der Waals surface area contributed by atoms with Crippen molar-refractivity contribution in [3.63, 3.8) is 0 Å². The number of rotatable bonds is 3. The number of ether oxygens (including phenoxy) is 1. The SMILES string of the molecule is COc1ccc(-n2nccc2-c2ccncn2)cn1. The zero-order valence-corrected chi connectivity index (χ0v) is 10.3. The molecular weight excluding hydrogens is 242 g/mol.